The highest BCUT2D eigenvalue weighted by Gasteiger charge is 2.40. The van der Waals surface area contributed by atoms with Gasteiger partial charge in [-0.1, -0.05) is 38.8 Å². The van der Waals surface area contributed by atoms with E-state index in [2.05, 4.69) is 31.9 Å². The van der Waals surface area contributed by atoms with Crippen molar-refractivity contribution in [3.05, 3.63) is 44.3 Å². The molecule has 2 heterocycles. The third kappa shape index (κ3) is 6.64. The zero-order valence-electron chi connectivity index (χ0n) is 20.4. The molecule has 2 aromatic carbocycles. The Labute approximate surface area is 228 Å². The number of halogens is 2. The van der Waals surface area contributed by atoms with Gasteiger partial charge < -0.3 is 44.8 Å². The largest absolute Gasteiger partial charge is 0.495 e. The lowest BCUT2D eigenvalue weighted by molar-refractivity contribution is 0.123. The molecule has 9 nitrogen and oxygen atoms in total. The Kier molecular flexibility index (Phi) is 10.7. The Balaban J connectivity index is 0.000000201. The lowest BCUT2D eigenvalue weighted by Gasteiger charge is -2.14. The molecule has 2 aliphatic heterocycles. The molecule has 0 fully saturated rings. The summed E-state index contributed by atoms with van der Waals surface area (Å²) in [4.78, 5) is 0. The predicted molar refractivity (Wildman–Crippen MR) is 145 cm³/mol. The Morgan fingerprint density at radius 1 is 0.861 bits per heavy atom. The minimum absolute atomic E-state index is 0.125. The van der Waals surface area contributed by atoms with E-state index >= 15 is 0 Å². The first-order valence-corrected chi connectivity index (χ1v) is 13.3. The number of fused-ring (bicyclic) bond motifs is 2. The topological polar surface area (TPSA) is 144 Å². The van der Waals surface area contributed by atoms with E-state index < -0.39 is 26.4 Å². The average Bonchev–Trinajstić information content (AvgIpc) is 3.36. The maximum Gasteiger partial charge on any atom is 0.495 e. The van der Waals surface area contributed by atoms with Crippen molar-refractivity contribution in [1.82, 2.24) is 0 Å². The molecule has 0 aromatic heterocycles. The maximum absolute atomic E-state index is 9.97. The van der Waals surface area contributed by atoms with Crippen molar-refractivity contribution in [2.45, 2.75) is 51.6 Å². The van der Waals surface area contributed by atoms with E-state index in [1.165, 1.54) is 0 Å². The highest BCUT2D eigenvalue weighted by atomic mass is 79.9. The Morgan fingerprint density at radius 2 is 1.28 bits per heavy atom. The van der Waals surface area contributed by atoms with Gasteiger partial charge in [0.15, 0.2) is 0 Å². The molecule has 2 aromatic rings. The summed E-state index contributed by atoms with van der Waals surface area (Å²) >= 11 is 6.89. The lowest BCUT2D eigenvalue weighted by Crippen LogP contribution is -2.31. The third-order valence-corrected chi connectivity index (χ3v) is 7.04. The van der Waals surface area contributed by atoms with Gasteiger partial charge in [-0.25, -0.2) is 0 Å². The molecule has 196 valence electrons. The van der Waals surface area contributed by atoms with Crippen LogP contribution in [0, 0.1) is 0 Å². The van der Waals surface area contributed by atoms with E-state index in [0.717, 1.165) is 26.5 Å². The van der Waals surface area contributed by atoms with Crippen LogP contribution in [0.2, 0.25) is 0 Å². The number of aliphatic hydroxyl groups excluding tert-OH is 2. The molecular formula is C23H31B2Br2NO8. The highest BCUT2D eigenvalue weighted by molar-refractivity contribution is 9.10. The summed E-state index contributed by atoms with van der Waals surface area (Å²) in [6.07, 6.45) is -0.818. The van der Waals surface area contributed by atoms with Crippen LogP contribution in [-0.4, -0.2) is 66.5 Å². The minimum Gasteiger partial charge on any atom is -0.491 e. The third-order valence-electron chi connectivity index (χ3n) is 5.66. The van der Waals surface area contributed by atoms with E-state index in [0.29, 0.717) is 22.4 Å². The molecule has 0 saturated heterocycles. The van der Waals surface area contributed by atoms with Crippen LogP contribution in [0.4, 0.5) is 0 Å². The fourth-order valence-corrected chi connectivity index (χ4v) is 5.28. The molecule has 36 heavy (non-hydrogen) atoms. The van der Waals surface area contributed by atoms with Crippen LogP contribution in [0.25, 0.3) is 0 Å². The average molecular weight is 631 g/mol. The van der Waals surface area contributed by atoms with Crippen LogP contribution in [0.15, 0.2) is 33.2 Å². The smallest absolute Gasteiger partial charge is 0.491 e. The summed E-state index contributed by atoms with van der Waals surface area (Å²) in [7, 11) is -2.01. The lowest BCUT2D eigenvalue weighted by atomic mass is 9.78. The van der Waals surface area contributed by atoms with Gasteiger partial charge in [-0.2, -0.15) is 0 Å². The second kappa shape index (κ2) is 13.1. The number of benzene rings is 2. The van der Waals surface area contributed by atoms with Crippen molar-refractivity contribution < 1.29 is 39.0 Å². The van der Waals surface area contributed by atoms with Crippen LogP contribution in [0.1, 0.15) is 50.5 Å². The van der Waals surface area contributed by atoms with E-state index in [1.807, 2.05) is 19.1 Å². The number of ether oxygens (including phenoxy) is 2. The van der Waals surface area contributed by atoms with Gasteiger partial charge in [0.1, 0.15) is 24.7 Å². The van der Waals surface area contributed by atoms with Crippen LogP contribution < -0.4 is 26.1 Å². The van der Waals surface area contributed by atoms with Crippen molar-refractivity contribution >= 4 is 57.0 Å². The monoisotopic (exact) mass is 629 g/mol. The van der Waals surface area contributed by atoms with E-state index in [9.17, 15) is 20.3 Å². The van der Waals surface area contributed by atoms with Crippen molar-refractivity contribution in [3.8, 4) is 11.5 Å². The standard InChI is InChI=1S/C12H16BBrO4.C11H15BBrNO4/c1-3-9-11-8(14)4-5-10(17-6-7(2)15)12(11)13(16)18-9;1-6(15)5-17-8-3-2-7(13)10-9(4-14)18-12(16)11(8)10/h4-5,7,9,15-16H,3,6H2,1-2H3;2-3,6,9,15-16H,4-5,14H2,1H3/t;6?,9-/m.1/s1. The summed E-state index contributed by atoms with van der Waals surface area (Å²) in [5.74, 6) is 1.08. The van der Waals surface area contributed by atoms with Gasteiger partial charge in [0.2, 0.25) is 0 Å². The first-order valence-electron chi connectivity index (χ1n) is 11.7. The van der Waals surface area contributed by atoms with Crippen molar-refractivity contribution in [2.24, 2.45) is 5.73 Å². The molecule has 0 bridgehead atoms. The quantitative estimate of drug-likeness (QED) is 0.273. The summed E-state index contributed by atoms with van der Waals surface area (Å²) in [5, 5.41) is 38.4. The number of hydrogen-bond acceptors (Lipinski definition) is 9. The molecule has 6 N–H and O–H groups in total. The van der Waals surface area contributed by atoms with Crippen molar-refractivity contribution in [3.63, 3.8) is 0 Å². The molecule has 0 spiro atoms. The van der Waals surface area contributed by atoms with Gasteiger partial charge in [0, 0.05) is 26.4 Å². The first-order chi connectivity index (χ1) is 17.1. The maximum atomic E-state index is 9.97. The van der Waals surface area contributed by atoms with Gasteiger partial charge in [0.05, 0.1) is 24.4 Å². The SMILES string of the molecule is CC(O)COc1ccc(Br)c2c1B(O)O[C@@H]2CN.CCC1OB(O)c2c(OCC(C)O)ccc(Br)c21. The number of hydrogen-bond donors (Lipinski definition) is 5. The highest BCUT2D eigenvalue weighted by Crippen LogP contribution is 2.35. The first kappa shape index (κ1) is 29.4. The molecule has 0 amide bonds. The molecule has 13 heteroatoms. The molecule has 0 saturated carbocycles. The van der Waals surface area contributed by atoms with Gasteiger partial charge in [-0.05, 0) is 55.7 Å². The normalized spacial score (nSPS) is 19.8. The van der Waals surface area contributed by atoms with Gasteiger partial charge in [-0.3, -0.25) is 0 Å². The fraction of sp³-hybridized carbons (Fsp3) is 0.478. The Bertz CT molecular complexity index is 964. The molecular weight excluding hydrogens is 600 g/mol. The van der Waals surface area contributed by atoms with E-state index in [1.54, 1.807) is 26.0 Å². The molecule has 3 unspecified atom stereocenters. The van der Waals surface area contributed by atoms with Gasteiger partial charge >= 0.3 is 14.2 Å². The fourth-order valence-electron chi connectivity index (χ4n) is 4.07. The van der Waals surface area contributed by atoms with Crippen LogP contribution in [-0.2, 0) is 9.31 Å². The van der Waals surface area contributed by atoms with Gasteiger partial charge in [0.25, 0.3) is 0 Å². The van der Waals surface area contributed by atoms with Crippen LogP contribution >= 0.6 is 31.9 Å². The molecule has 4 atom stereocenters. The van der Waals surface area contributed by atoms with E-state index in [4.69, 9.17) is 24.5 Å². The molecule has 2 aliphatic rings. The van der Waals surface area contributed by atoms with Crippen molar-refractivity contribution in [1.29, 1.82) is 0 Å². The predicted octanol–water partition coefficient (Wildman–Crippen LogP) is 1.30. The summed E-state index contributed by atoms with van der Waals surface area (Å²) in [5.41, 5.74) is 8.61. The number of nitrogens with two attached hydrogens (primary N) is 1. The van der Waals surface area contributed by atoms with Gasteiger partial charge in [-0.15, -0.1) is 0 Å². The summed E-state index contributed by atoms with van der Waals surface area (Å²) in [6, 6.07) is 7.20. The summed E-state index contributed by atoms with van der Waals surface area (Å²) < 4.78 is 23.6. The molecule has 0 aliphatic carbocycles. The van der Waals surface area contributed by atoms with Crippen LogP contribution in [0.5, 0.6) is 11.5 Å². The van der Waals surface area contributed by atoms with Crippen LogP contribution in [0.3, 0.4) is 0 Å². The number of aliphatic hydroxyl groups is 2. The summed E-state index contributed by atoms with van der Waals surface area (Å²) in [6.45, 7) is 5.92. The Morgan fingerprint density at radius 3 is 1.67 bits per heavy atom. The zero-order chi connectivity index (χ0) is 26.6. The second-order valence-corrected chi connectivity index (χ2v) is 10.4. The minimum atomic E-state index is -1.05. The molecule has 4 rings (SSSR count). The number of rotatable bonds is 8. The second-order valence-electron chi connectivity index (χ2n) is 8.66. The zero-order valence-corrected chi connectivity index (χ0v) is 23.5. The Hall–Kier alpha value is -1.15. The van der Waals surface area contributed by atoms with Crippen molar-refractivity contribution in [2.75, 3.05) is 19.8 Å². The molecule has 0 radical (unpaired) electrons. The van der Waals surface area contributed by atoms with E-state index in [-0.39, 0.29) is 32.0 Å².